The maximum Gasteiger partial charge on any atom is 0.135 e. The van der Waals surface area contributed by atoms with Crippen molar-refractivity contribution in [2.75, 3.05) is 4.90 Å². The van der Waals surface area contributed by atoms with Crippen LogP contribution in [-0.4, -0.2) is 0 Å². The van der Waals surface area contributed by atoms with Crippen LogP contribution in [0.1, 0.15) is 41.8 Å². The van der Waals surface area contributed by atoms with Crippen LogP contribution in [0.2, 0.25) is 0 Å². The van der Waals surface area contributed by atoms with Gasteiger partial charge in [0.1, 0.15) is 11.2 Å². The van der Waals surface area contributed by atoms with Gasteiger partial charge in [-0.1, -0.05) is 98.8 Å². The molecule has 10 rings (SSSR count). The molecule has 2 heterocycles. The fourth-order valence-corrected chi connectivity index (χ4v) is 9.37. The molecule has 0 N–H and O–H groups in total. The molecule has 0 fully saturated rings. The molecule has 0 unspecified atom stereocenters. The molecule has 3 heteroatoms. The minimum absolute atomic E-state index is 0.0745. The van der Waals surface area contributed by atoms with Crippen molar-refractivity contribution in [1.29, 1.82) is 0 Å². The van der Waals surface area contributed by atoms with E-state index < -0.39 is 0 Å². The Morgan fingerprint density at radius 3 is 2.39 bits per heavy atom. The highest BCUT2D eigenvalue weighted by Gasteiger charge is 2.38. The molecule has 2 aliphatic rings. The Morgan fingerprint density at radius 1 is 0.674 bits per heavy atom. The van der Waals surface area contributed by atoms with E-state index in [1.165, 1.54) is 64.9 Å². The van der Waals surface area contributed by atoms with Crippen LogP contribution in [0.5, 0.6) is 0 Å². The van der Waals surface area contributed by atoms with Crippen molar-refractivity contribution in [3.63, 3.8) is 0 Å². The van der Waals surface area contributed by atoms with Gasteiger partial charge in [-0.3, -0.25) is 0 Å². The van der Waals surface area contributed by atoms with E-state index in [1.807, 2.05) is 17.4 Å². The lowest BCUT2D eigenvalue weighted by Crippen LogP contribution is -2.20. The summed E-state index contributed by atoms with van der Waals surface area (Å²) < 4.78 is 7.65. The second-order valence-electron chi connectivity index (χ2n) is 13.2. The molecule has 0 amide bonds. The predicted molar refractivity (Wildman–Crippen MR) is 195 cm³/mol. The molecule has 2 nitrogen and oxygen atoms in total. The minimum Gasteiger partial charge on any atom is -0.456 e. The fourth-order valence-electron chi connectivity index (χ4n) is 8.17. The van der Waals surface area contributed by atoms with E-state index in [-0.39, 0.29) is 5.41 Å². The lowest BCUT2D eigenvalue weighted by atomic mass is 9.82. The number of furan rings is 1. The van der Waals surface area contributed by atoms with Gasteiger partial charge in [0.2, 0.25) is 0 Å². The van der Waals surface area contributed by atoms with Crippen LogP contribution in [0.15, 0.2) is 131 Å². The smallest absolute Gasteiger partial charge is 0.135 e. The Morgan fingerprint density at radius 2 is 1.46 bits per heavy atom. The van der Waals surface area contributed by atoms with Crippen LogP contribution in [0.3, 0.4) is 0 Å². The Bertz CT molecular complexity index is 2580. The van der Waals surface area contributed by atoms with Crippen molar-refractivity contribution < 1.29 is 4.42 Å². The van der Waals surface area contributed by atoms with Crippen molar-refractivity contribution >= 4 is 71.6 Å². The molecule has 8 aromatic rings. The van der Waals surface area contributed by atoms with Crippen LogP contribution < -0.4 is 4.90 Å². The van der Waals surface area contributed by atoms with E-state index in [0.717, 1.165) is 40.5 Å². The van der Waals surface area contributed by atoms with E-state index in [1.54, 1.807) is 0 Å². The number of anilines is 2. The number of para-hydroxylation sites is 1. The van der Waals surface area contributed by atoms with Gasteiger partial charge in [-0.05, 0) is 88.3 Å². The highest BCUT2D eigenvalue weighted by atomic mass is 32.1. The van der Waals surface area contributed by atoms with Gasteiger partial charge >= 0.3 is 0 Å². The first-order chi connectivity index (χ1) is 22.6. The van der Waals surface area contributed by atoms with Gasteiger partial charge in [-0.25, -0.2) is 0 Å². The quantitative estimate of drug-likeness (QED) is 0.198. The first kappa shape index (κ1) is 26.1. The molecule has 46 heavy (non-hydrogen) atoms. The molecule has 0 saturated heterocycles. The highest BCUT2D eigenvalue weighted by molar-refractivity contribution is 7.19. The normalized spacial score (nSPS) is 14.9. The molecule has 0 atom stereocenters. The Labute approximate surface area is 271 Å². The van der Waals surface area contributed by atoms with E-state index >= 15 is 0 Å². The van der Waals surface area contributed by atoms with Crippen LogP contribution in [-0.2, 0) is 11.8 Å². The van der Waals surface area contributed by atoms with Gasteiger partial charge in [0.25, 0.3) is 0 Å². The first-order valence-corrected chi connectivity index (χ1v) is 17.0. The van der Waals surface area contributed by atoms with Crippen molar-refractivity contribution in [1.82, 2.24) is 0 Å². The Kier molecular flexibility index (Phi) is 5.37. The van der Waals surface area contributed by atoms with Crippen LogP contribution in [0.25, 0.3) is 60.0 Å². The van der Waals surface area contributed by atoms with Gasteiger partial charge in [-0.2, -0.15) is 0 Å². The van der Waals surface area contributed by atoms with Crippen molar-refractivity contribution in [2.24, 2.45) is 0 Å². The Balaban J connectivity index is 1.26. The lowest BCUT2D eigenvalue weighted by Gasteiger charge is -2.32. The van der Waals surface area contributed by atoms with Gasteiger partial charge < -0.3 is 9.32 Å². The molecule has 6 aromatic carbocycles. The number of hydrogen-bond donors (Lipinski definition) is 0. The average molecular weight is 610 g/mol. The van der Waals surface area contributed by atoms with Crippen LogP contribution in [0, 0.1) is 0 Å². The summed E-state index contributed by atoms with van der Waals surface area (Å²) in [7, 11) is 0. The number of benzene rings is 6. The summed E-state index contributed by atoms with van der Waals surface area (Å²) in [6.07, 6.45) is 4.49. The van der Waals surface area contributed by atoms with Gasteiger partial charge in [0.15, 0.2) is 0 Å². The SMILES string of the molecule is CC1(C)c2ccccc2-c2c(N(C3=Cc4c(sc5ccc6ccccc6c45)CC3)c3ccc4oc5ccccc5c4c3)cccc21. The monoisotopic (exact) mass is 609 g/mol. The molecule has 220 valence electrons. The number of rotatable bonds is 3. The van der Waals surface area contributed by atoms with Gasteiger partial charge in [-0.15, -0.1) is 11.3 Å². The third-order valence-corrected chi connectivity index (χ3v) is 11.6. The molecule has 0 aliphatic heterocycles. The maximum atomic E-state index is 6.28. The van der Waals surface area contributed by atoms with E-state index in [9.17, 15) is 0 Å². The third kappa shape index (κ3) is 3.58. The highest BCUT2D eigenvalue weighted by Crippen LogP contribution is 2.54. The molecule has 2 aromatic heterocycles. The lowest BCUT2D eigenvalue weighted by molar-refractivity contribution is 0.660. The summed E-state index contributed by atoms with van der Waals surface area (Å²) in [6.45, 7) is 4.73. The van der Waals surface area contributed by atoms with Crippen LogP contribution in [0.4, 0.5) is 11.4 Å². The first-order valence-electron chi connectivity index (χ1n) is 16.1. The number of fused-ring (bicyclic) bond motifs is 11. The summed E-state index contributed by atoms with van der Waals surface area (Å²) in [5.41, 5.74) is 12.3. The van der Waals surface area contributed by atoms with Crippen molar-refractivity contribution in [3.05, 3.63) is 149 Å². The largest absolute Gasteiger partial charge is 0.456 e. The number of aryl methyl sites for hydroxylation is 1. The molecule has 0 saturated carbocycles. The molecular formula is C43H31NOS. The molecule has 0 spiro atoms. The summed E-state index contributed by atoms with van der Waals surface area (Å²) in [5, 5.41) is 6.32. The second-order valence-corrected chi connectivity index (χ2v) is 14.4. The second kappa shape index (κ2) is 9.45. The molecular weight excluding hydrogens is 579 g/mol. The fraction of sp³-hybridized carbons (Fsp3) is 0.116. The molecule has 0 radical (unpaired) electrons. The topological polar surface area (TPSA) is 16.4 Å². The van der Waals surface area contributed by atoms with Gasteiger partial charge in [0.05, 0.1) is 5.69 Å². The number of nitrogens with zero attached hydrogens (tertiary/aromatic N) is 1. The predicted octanol–water partition coefficient (Wildman–Crippen LogP) is 12.4. The molecule has 2 aliphatic carbocycles. The minimum atomic E-state index is -0.0745. The molecule has 0 bridgehead atoms. The van der Waals surface area contributed by atoms with Gasteiger partial charge in [0, 0.05) is 48.1 Å². The van der Waals surface area contributed by atoms with E-state index in [4.69, 9.17) is 4.42 Å². The van der Waals surface area contributed by atoms with Crippen LogP contribution >= 0.6 is 11.3 Å². The average Bonchev–Trinajstić information content (AvgIpc) is 3.73. The summed E-state index contributed by atoms with van der Waals surface area (Å²) in [5.74, 6) is 0. The van der Waals surface area contributed by atoms with E-state index in [2.05, 4.69) is 140 Å². The Hall–Kier alpha value is -5.12. The number of hydrogen-bond acceptors (Lipinski definition) is 3. The summed E-state index contributed by atoms with van der Waals surface area (Å²) in [4.78, 5) is 4.03. The zero-order valence-electron chi connectivity index (χ0n) is 25.8. The summed E-state index contributed by atoms with van der Waals surface area (Å²) >= 11 is 1.96. The number of thiophene rings is 1. The van der Waals surface area contributed by atoms with Crippen molar-refractivity contribution in [3.8, 4) is 11.1 Å². The van der Waals surface area contributed by atoms with E-state index in [0.29, 0.717) is 0 Å². The number of allylic oxidation sites excluding steroid dienone is 1. The standard InChI is InChI=1S/C43H31NOS/c1-43(2)34-14-7-5-13-31(34)42-35(43)15-9-16-36(42)44(27-19-21-38-32(24-27)30-12-6-8-17-37(30)45-38)28-20-23-39-33(25-28)41-29-11-4-3-10-26(29)18-22-40(41)46-39/h3-19,21-22,24-25H,20,23H2,1-2H3. The summed E-state index contributed by atoms with van der Waals surface area (Å²) in [6, 6.07) is 44.4. The third-order valence-electron chi connectivity index (χ3n) is 10.3. The van der Waals surface area contributed by atoms with Crippen molar-refractivity contribution in [2.45, 2.75) is 32.1 Å². The zero-order valence-corrected chi connectivity index (χ0v) is 26.6. The zero-order chi connectivity index (χ0) is 30.6. The maximum absolute atomic E-state index is 6.28.